The van der Waals surface area contributed by atoms with Crippen LogP contribution in [0.2, 0.25) is 0 Å². The molecule has 25 heavy (non-hydrogen) atoms. The van der Waals surface area contributed by atoms with Gasteiger partial charge in [0.05, 0.1) is 0 Å². The molecule has 0 saturated carbocycles. The molecule has 0 rings (SSSR count). The van der Waals surface area contributed by atoms with Gasteiger partial charge in [-0.05, 0) is 25.2 Å². The number of ether oxygens (including phenoxy) is 2. The van der Waals surface area contributed by atoms with Gasteiger partial charge in [0.15, 0.2) is 0 Å². The largest absolute Gasteiger partial charge is 2.00 e. The Labute approximate surface area is 181 Å². The average Bonchev–Trinajstić information content (AvgIpc) is 2.52. The molecule has 0 aromatic heterocycles. The summed E-state index contributed by atoms with van der Waals surface area (Å²) >= 11 is 0. The summed E-state index contributed by atoms with van der Waals surface area (Å²) in [5, 5.41) is 0. The fourth-order valence-corrected chi connectivity index (χ4v) is 3.18. The Kier molecular flexibility index (Phi) is 30.7. The minimum atomic E-state index is 0. The van der Waals surface area contributed by atoms with E-state index in [4.69, 9.17) is 9.47 Å². The minimum Gasteiger partial charge on any atom is -1.00 e. The molecule has 0 spiro atoms. The Morgan fingerprint density at radius 3 is 1.96 bits per heavy atom. The average molecular weight is 387 g/mol. The molecule has 4 heteroatoms. The first-order valence-electron chi connectivity index (χ1n) is 10.1. The summed E-state index contributed by atoms with van der Waals surface area (Å²) in [5.41, 5.74) is 0. The van der Waals surface area contributed by atoms with Crippen molar-refractivity contribution in [2.24, 2.45) is 11.8 Å². The van der Waals surface area contributed by atoms with E-state index in [9.17, 15) is 0 Å². The van der Waals surface area contributed by atoms with Crippen LogP contribution in [0.15, 0.2) is 0 Å². The summed E-state index contributed by atoms with van der Waals surface area (Å²) in [6.07, 6.45) is 16.6. The fraction of sp³-hybridized carbons (Fsp3) is 0.952. The van der Waals surface area contributed by atoms with Gasteiger partial charge in [0.1, 0.15) is 6.79 Å². The molecule has 2 atom stereocenters. The van der Waals surface area contributed by atoms with Gasteiger partial charge < -0.3 is 28.3 Å². The third-order valence-corrected chi connectivity index (χ3v) is 4.49. The number of halogens is 1. The van der Waals surface area contributed by atoms with E-state index in [1.165, 1.54) is 64.2 Å². The predicted molar refractivity (Wildman–Crippen MR) is 107 cm³/mol. The molecule has 0 aromatic rings. The summed E-state index contributed by atoms with van der Waals surface area (Å²) in [4.78, 5) is 0. The first-order chi connectivity index (χ1) is 11.2. The third kappa shape index (κ3) is 25.0. The van der Waals surface area contributed by atoms with Gasteiger partial charge in [0.2, 0.25) is 0 Å². The smallest absolute Gasteiger partial charge is 1.00 e. The molecule has 0 aliphatic carbocycles. The molecule has 0 heterocycles. The van der Waals surface area contributed by atoms with Crippen molar-refractivity contribution in [1.29, 1.82) is 0 Å². The summed E-state index contributed by atoms with van der Waals surface area (Å²) < 4.78 is 11.1. The molecule has 148 valence electrons. The van der Waals surface area contributed by atoms with Crippen LogP contribution in [-0.2, 0) is 9.47 Å². The molecule has 0 amide bonds. The van der Waals surface area contributed by atoms with Crippen molar-refractivity contribution in [3.63, 3.8) is 0 Å². The van der Waals surface area contributed by atoms with E-state index in [2.05, 4.69) is 34.1 Å². The normalized spacial score (nSPS) is 13.0. The Morgan fingerprint density at radius 2 is 1.36 bits per heavy atom. The Morgan fingerprint density at radius 1 is 0.800 bits per heavy atom. The molecule has 0 aliphatic rings. The van der Waals surface area contributed by atoms with E-state index >= 15 is 0 Å². The van der Waals surface area contributed by atoms with Crippen LogP contribution < -0.4 is 12.4 Å². The van der Waals surface area contributed by atoms with Crippen LogP contribution in [0.5, 0.6) is 0 Å². The van der Waals surface area contributed by atoms with E-state index in [0.29, 0.717) is 6.79 Å². The van der Waals surface area contributed by atoms with Crippen LogP contribution in [0.1, 0.15) is 98.3 Å². The Bertz CT molecular complexity index is 230. The molecule has 0 N–H and O–H groups in total. The van der Waals surface area contributed by atoms with Crippen molar-refractivity contribution >= 4 is 23.1 Å². The van der Waals surface area contributed by atoms with Gasteiger partial charge in [-0.25, -0.2) is 0 Å². The van der Waals surface area contributed by atoms with Gasteiger partial charge in [-0.2, -0.15) is 13.3 Å². The zero-order valence-electron chi connectivity index (χ0n) is 17.5. The van der Waals surface area contributed by atoms with Gasteiger partial charge in [0.25, 0.3) is 0 Å². The van der Waals surface area contributed by atoms with Gasteiger partial charge in [-0.3, -0.25) is 0 Å². The number of unbranched alkanes of at least 4 members (excludes halogenated alkanes) is 6. The molecule has 0 fully saturated rings. The quantitative estimate of drug-likeness (QED) is 0.155. The molecule has 0 aromatic carbocycles. The number of hydrogen-bond acceptors (Lipinski definition) is 2. The summed E-state index contributed by atoms with van der Waals surface area (Å²) in [7, 11) is 0. The van der Waals surface area contributed by atoms with Gasteiger partial charge >= 0.3 is 23.1 Å². The standard InChI is InChI=1S/C21H43O2.ClH.Mg/c1-5-7-8-9-10-11-12-16-22-19-23-17-13-15-21(4)18-20(3)14-6-2;;/h6,20-21H,5,7-19H2,1-4H3;1H;/q-1;;+2/p-1. The predicted octanol–water partition coefficient (Wildman–Crippen LogP) is 3.41. The second-order valence-corrected chi connectivity index (χ2v) is 7.29. The number of rotatable bonds is 18. The fourth-order valence-electron chi connectivity index (χ4n) is 3.18. The Balaban J connectivity index is -0.00000242. The maximum absolute atomic E-state index is 5.57. The minimum absolute atomic E-state index is 0. The van der Waals surface area contributed by atoms with Crippen LogP contribution in [0, 0.1) is 18.3 Å². The zero-order valence-corrected chi connectivity index (χ0v) is 19.7. The van der Waals surface area contributed by atoms with Crippen molar-refractivity contribution in [3.8, 4) is 0 Å². The van der Waals surface area contributed by atoms with E-state index < -0.39 is 0 Å². The molecule has 0 radical (unpaired) electrons. The first-order valence-corrected chi connectivity index (χ1v) is 10.1. The molecule has 2 nitrogen and oxygen atoms in total. The molecule has 0 saturated heterocycles. The SMILES string of the molecule is C[CH-]CC(C)CC(C)CCCOCOCCCCCCCCC.[Cl-].[Mg+2]. The van der Waals surface area contributed by atoms with Gasteiger partial charge in [-0.15, -0.1) is 0 Å². The van der Waals surface area contributed by atoms with Gasteiger partial charge in [-0.1, -0.05) is 71.6 Å². The molecule has 0 aliphatic heterocycles. The van der Waals surface area contributed by atoms with E-state index in [1.54, 1.807) is 0 Å². The third-order valence-electron chi connectivity index (χ3n) is 4.49. The van der Waals surface area contributed by atoms with Crippen molar-refractivity contribution in [2.45, 2.75) is 98.3 Å². The van der Waals surface area contributed by atoms with Crippen molar-refractivity contribution < 1.29 is 21.9 Å². The molecule has 0 bridgehead atoms. The number of hydrogen-bond donors (Lipinski definition) is 0. The van der Waals surface area contributed by atoms with Crippen molar-refractivity contribution in [3.05, 3.63) is 6.42 Å². The molecule has 2 unspecified atom stereocenters. The van der Waals surface area contributed by atoms with Crippen LogP contribution >= 0.6 is 0 Å². The van der Waals surface area contributed by atoms with Crippen LogP contribution in [-0.4, -0.2) is 43.1 Å². The summed E-state index contributed by atoms with van der Waals surface area (Å²) in [6.45, 7) is 11.3. The van der Waals surface area contributed by atoms with E-state index in [1.807, 2.05) is 0 Å². The summed E-state index contributed by atoms with van der Waals surface area (Å²) in [5.74, 6) is 1.63. The maximum Gasteiger partial charge on any atom is 2.00 e. The van der Waals surface area contributed by atoms with Gasteiger partial charge in [0, 0.05) is 13.2 Å². The zero-order chi connectivity index (χ0) is 17.2. The summed E-state index contributed by atoms with van der Waals surface area (Å²) in [6, 6.07) is 0. The van der Waals surface area contributed by atoms with Crippen molar-refractivity contribution in [2.75, 3.05) is 20.0 Å². The van der Waals surface area contributed by atoms with Crippen LogP contribution in [0.3, 0.4) is 0 Å². The van der Waals surface area contributed by atoms with Crippen LogP contribution in [0.25, 0.3) is 0 Å². The molecular formula is C21H43ClMgO2. The molecular weight excluding hydrogens is 344 g/mol. The van der Waals surface area contributed by atoms with Crippen LogP contribution in [0.4, 0.5) is 0 Å². The topological polar surface area (TPSA) is 18.5 Å². The monoisotopic (exact) mass is 386 g/mol. The van der Waals surface area contributed by atoms with E-state index in [-0.39, 0.29) is 35.5 Å². The second-order valence-electron chi connectivity index (χ2n) is 7.29. The van der Waals surface area contributed by atoms with E-state index in [0.717, 1.165) is 31.5 Å². The second kappa shape index (κ2) is 25.0. The first kappa shape index (κ1) is 30.7. The van der Waals surface area contributed by atoms with Crippen molar-refractivity contribution in [1.82, 2.24) is 0 Å². The maximum atomic E-state index is 5.57. The Hall–Kier alpha value is 0.976.